The molecule has 0 aliphatic rings. The maximum atomic E-state index is 13.3. The van der Waals surface area contributed by atoms with Crippen LogP contribution < -0.4 is 0 Å². The van der Waals surface area contributed by atoms with Gasteiger partial charge in [0.1, 0.15) is 11.6 Å². The standard InChI is InChI=1S/C26H16F2/c27-23-15-11-21(12-16-23)25-7-3-1-5-19(25)9-10-20-6-2-4-8-26(20)22-13-17-24(28)18-14-22/h1-8,11-18H. The first-order valence-corrected chi connectivity index (χ1v) is 8.93. The van der Waals surface area contributed by atoms with Crippen LogP contribution in [0.25, 0.3) is 22.3 Å². The Balaban J connectivity index is 1.75. The van der Waals surface area contributed by atoms with Crippen LogP contribution in [0.2, 0.25) is 0 Å². The molecule has 4 rings (SSSR count). The monoisotopic (exact) mass is 366 g/mol. The molecule has 134 valence electrons. The molecule has 0 N–H and O–H groups in total. The molecular weight excluding hydrogens is 350 g/mol. The van der Waals surface area contributed by atoms with Crippen molar-refractivity contribution >= 4 is 0 Å². The van der Waals surface area contributed by atoms with Crippen LogP contribution in [-0.4, -0.2) is 0 Å². The highest BCUT2D eigenvalue weighted by Crippen LogP contribution is 2.25. The minimum absolute atomic E-state index is 0.263. The third-order valence-corrected chi connectivity index (χ3v) is 4.50. The van der Waals surface area contributed by atoms with Crippen LogP contribution in [0.4, 0.5) is 8.78 Å². The van der Waals surface area contributed by atoms with Crippen molar-refractivity contribution in [3.05, 3.63) is 120 Å². The van der Waals surface area contributed by atoms with E-state index in [1.807, 2.05) is 48.5 Å². The number of halogens is 2. The second kappa shape index (κ2) is 7.90. The highest BCUT2D eigenvalue weighted by Gasteiger charge is 2.05. The van der Waals surface area contributed by atoms with Gasteiger partial charge in [-0.05, 0) is 58.7 Å². The predicted molar refractivity (Wildman–Crippen MR) is 110 cm³/mol. The van der Waals surface area contributed by atoms with Crippen LogP contribution in [-0.2, 0) is 0 Å². The summed E-state index contributed by atoms with van der Waals surface area (Å²) in [5.41, 5.74) is 5.46. The molecule has 0 heterocycles. The second-order valence-electron chi connectivity index (χ2n) is 6.35. The lowest BCUT2D eigenvalue weighted by Crippen LogP contribution is -1.87. The molecule has 0 amide bonds. The van der Waals surface area contributed by atoms with Gasteiger partial charge in [-0.3, -0.25) is 0 Å². The van der Waals surface area contributed by atoms with Crippen molar-refractivity contribution in [1.29, 1.82) is 0 Å². The molecule has 0 aliphatic carbocycles. The first-order valence-electron chi connectivity index (χ1n) is 8.93. The van der Waals surface area contributed by atoms with Crippen molar-refractivity contribution in [1.82, 2.24) is 0 Å². The van der Waals surface area contributed by atoms with Gasteiger partial charge >= 0.3 is 0 Å². The second-order valence-corrected chi connectivity index (χ2v) is 6.35. The van der Waals surface area contributed by atoms with Crippen LogP contribution in [0.1, 0.15) is 11.1 Å². The van der Waals surface area contributed by atoms with E-state index < -0.39 is 0 Å². The molecule has 0 radical (unpaired) electrons. The first-order chi connectivity index (χ1) is 13.7. The zero-order chi connectivity index (χ0) is 19.3. The molecule has 0 nitrogen and oxygen atoms in total. The molecule has 0 spiro atoms. The van der Waals surface area contributed by atoms with Crippen molar-refractivity contribution in [3.8, 4) is 34.1 Å². The number of benzene rings is 4. The van der Waals surface area contributed by atoms with Gasteiger partial charge in [0.25, 0.3) is 0 Å². The average Bonchev–Trinajstić information content (AvgIpc) is 2.74. The number of hydrogen-bond donors (Lipinski definition) is 0. The first kappa shape index (κ1) is 17.7. The average molecular weight is 366 g/mol. The number of hydrogen-bond acceptors (Lipinski definition) is 0. The van der Waals surface area contributed by atoms with E-state index in [1.165, 1.54) is 24.3 Å². The van der Waals surface area contributed by atoms with Crippen LogP contribution in [0, 0.1) is 23.5 Å². The van der Waals surface area contributed by atoms with Crippen molar-refractivity contribution in [3.63, 3.8) is 0 Å². The summed E-state index contributed by atoms with van der Waals surface area (Å²) < 4.78 is 26.5. The smallest absolute Gasteiger partial charge is 0.123 e. The molecule has 0 unspecified atom stereocenters. The van der Waals surface area contributed by atoms with Gasteiger partial charge < -0.3 is 0 Å². The van der Waals surface area contributed by atoms with E-state index >= 15 is 0 Å². The quantitative estimate of drug-likeness (QED) is 0.346. The Morgan fingerprint density at radius 3 is 1.18 bits per heavy atom. The van der Waals surface area contributed by atoms with E-state index in [-0.39, 0.29) is 11.6 Å². The van der Waals surface area contributed by atoms with Crippen LogP contribution >= 0.6 is 0 Å². The van der Waals surface area contributed by atoms with E-state index in [4.69, 9.17) is 0 Å². The fourth-order valence-electron chi connectivity index (χ4n) is 3.08. The molecule has 0 saturated heterocycles. The minimum Gasteiger partial charge on any atom is -0.207 e. The van der Waals surface area contributed by atoms with Gasteiger partial charge in [0, 0.05) is 11.1 Å². The SMILES string of the molecule is Fc1ccc(-c2ccccc2C#Cc2ccccc2-c2ccc(F)cc2)cc1. The van der Waals surface area contributed by atoms with E-state index in [1.54, 1.807) is 24.3 Å². The minimum atomic E-state index is -0.263. The lowest BCUT2D eigenvalue weighted by Gasteiger charge is -2.06. The van der Waals surface area contributed by atoms with Gasteiger partial charge in [-0.15, -0.1) is 0 Å². The van der Waals surface area contributed by atoms with Gasteiger partial charge in [-0.2, -0.15) is 0 Å². The zero-order valence-corrected chi connectivity index (χ0v) is 15.0. The van der Waals surface area contributed by atoms with Gasteiger partial charge in [0.2, 0.25) is 0 Å². The van der Waals surface area contributed by atoms with Gasteiger partial charge in [0.15, 0.2) is 0 Å². The lowest BCUT2D eigenvalue weighted by atomic mass is 9.98. The molecule has 0 aliphatic heterocycles. The fourth-order valence-corrected chi connectivity index (χ4v) is 3.08. The highest BCUT2D eigenvalue weighted by atomic mass is 19.1. The molecule has 0 atom stereocenters. The van der Waals surface area contributed by atoms with E-state index in [0.29, 0.717) is 0 Å². The third-order valence-electron chi connectivity index (χ3n) is 4.50. The molecule has 0 bridgehead atoms. The van der Waals surface area contributed by atoms with Crippen molar-refractivity contribution < 1.29 is 8.78 Å². The summed E-state index contributed by atoms with van der Waals surface area (Å²) in [5.74, 6) is 5.97. The van der Waals surface area contributed by atoms with Crippen molar-refractivity contribution in [2.24, 2.45) is 0 Å². The maximum absolute atomic E-state index is 13.3. The normalized spacial score (nSPS) is 10.2. The summed E-state index contributed by atoms with van der Waals surface area (Å²) in [6.45, 7) is 0. The molecule has 28 heavy (non-hydrogen) atoms. The molecule has 4 aromatic rings. The summed E-state index contributed by atoms with van der Waals surface area (Å²) in [6, 6.07) is 28.4. The summed E-state index contributed by atoms with van der Waals surface area (Å²) in [4.78, 5) is 0. The molecule has 0 fully saturated rings. The maximum Gasteiger partial charge on any atom is 0.123 e. The Hall–Kier alpha value is -3.70. The highest BCUT2D eigenvalue weighted by molar-refractivity contribution is 5.74. The zero-order valence-electron chi connectivity index (χ0n) is 15.0. The summed E-state index contributed by atoms with van der Waals surface area (Å²) in [5, 5.41) is 0. The van der Waals surface area contributed by atoms with E-state index in [2.05, 4.69) is 11.8 Å². The number of rotatable bonds is 2. The largest absolute Gasteiger partial charge is 0.207 e. The Bertz CT molecular complexity index is 1070. The molecule has 4 aromatic carbocycles. The van der Waals surface area contributed by atoms with E-state index in [0.717, 1.165) is 33.4 Å². The molecule has 2 heteroatoms. The third kappa shape index (κ3) is 3.84. The predicted octanol–water partition coefficient (Wildman–Crippen LogP) is 6.70. The summed E-state index contributed by atoms with van der Waals surface area (Å²) in [7, 11) is 0. The Kier molecular flexibility index (Phi) is 4.99. The Morgan fingerprint density at radius 2 is 0.786 bits per heavy atom. The topological polar surface area (TPSA) is 0 Å². The Morgan fingerprint density at radius 1 is 0.429 bits per heavy atom. The van der Waals surface area contributed by atoms with E-state index in [9.17, 15) is 8.78 Å². The summed E-state index contributed by atoms with van der Waals surface area (Å²) >= 11 is 0. The van der Waals surface area contributed by atoms with Gasteiger partial charge in [-0.25, -0.2) is 8.78 Å². The summed E-state index contributed by atoms with van der Waals surface area (Å²) in [6.07, 6.45) is 0. The van der Waals surface area contributed by atoms with Gasteiger partial charge in [0.05, 0.1) is 0 Å². The fraction of sp³-hybridized carbons (Fsp3) is 0. The molecule has 0 aromatic heterocycles. The van der Waals surface area contributed by atoms with Crippen molar-refractivity contribution in [2.45, 2.75) is 0 Å². The lowest BCUT2D eigenvalue weighted by molar-refractivity contribution is 0.627. The van der Waals surface area contributed by atoms with Crippen LogP contribution in [0.15, 0.2) is 97.1 Å². The molecule has 0 saturated carbocycles. The van der Waals surface area contributed by atoms with Crippen molar-refractivity contribution in [2.75, 3.05) is 0 Å². The van der Waals surface area contributed by atoms with Crippen LogP contribution in [0.5, 0.6) is 0 Å². The Labute approximate surface area is 163 Å². The molecular formula is C26H16F2. The van der Waals surface area contributed by atoms with Crippen LogP contribution in [0.3, 0.4) is 0 Å². The van der Waals surface area contributed by atoms with Gasteiger partial charge in [-0.1, -0.05) is 72.5 Å².